The molecule has 0 aromatic rings. The van der Waals surface area contributed by atoms with Crippen molar-refractivity contribution in [3.05, 3.63) is 72.9 Å². The Morgan fingerprint density at radius 2 is 1.17 bits per heavy atom. The normalized spacial score (nSPS) is 13.9. The fourth-order valence-electron chi connectivity index (χ4n) is 4.55. The summed E-state index contributed by atoms with van der Waals surface area (Å²) in [5.41, 5.74) is 0. The zero-order chi connectivity index (χ0) is 35.7. The summed E-state index contributed by atoms with van der Waals surface area (Å²) in [5.74, 6) is -1.92. The van der Waals surface area contributed by atoms with E-state index < -0.39 is 24.1 Å². The van der Waals surface area contributed by atoms with Crippen molar-refractivity contribution in [1.82, 2.24) is 0 Å². The van der Waals surface area contributed by atoms with Gasteiger partial charge in [-0.2, -0.15) is 0 Å². The largest absolute Gasteiger partial charge is 0.544 e. The lowest BCUT2D eigenvalue weighted by molar-refractivity contribution is -0.889. The van der Waals surface area contributed by atoms with Gasteiger partial charge in [0.05, 0.1) is 40.3 Å². The van der Waals surface area contributed by atoms with Crippen molar-refractivity contribution in [1.29, 1.82) is 0 Å². The monoisotopic (exact) mass is 671 g/mol. The van der Waals surface area contributed by atoms with Crippen LogP contribution < -0.4 is 5.11 Å². The lowest BCUT2D eigenvalue weighted by Crippen LogP contribution is -2.55. The number of esters is 2. The third-order valence-electron chi connectivity index (χ3n) is 7.35. The van der Waals surface area contributed by atoms with Crippen LogP contribution >= 0.6 is 0 Å². The van der Waals surface area contributed by atoms with E-state index in [1.54, 1.807) is 21.1 Å². The Balaban J connectivity index is 4.58. The summed E-state index contributed by atoms with van der Waals surface area (Å²) in [5, 5.41) is 11.5. The second-order valence-electron chi connectivity index (χ2n) is 12.7. The van der Waals surface area contributed by atoms with Crippen LogP contribution in [-0.4, -0.2) is 75.5 Å². The first-order valence-electron chi connectivity index (χ1n) is 18.0. The maximum absolute atomic E-state index is 12.5. The fraction of sp³-hybridized carbons (Fsp3) is 0.625. The van der Waals surface area contributed by atoms with E-state index >= 15 is 0 Å². The van der Waals surface area contributed by atoms with Gasteiger partial charge in [0.15, 0.2) is 6.10 Å². The van der Waals surface area contributed by atoms with Crippen molar-refractivity contribution >= 4 is 17.9 Å². The third kappa shape index (κ3) is 29.0. The van der Waals surface area contributed by atoms with Crippen LogP contribution in [0.2, 0.25) is 0 Å². The highest BCUT2D eigenvalue weighted by Crippen LogP contribution is 2.09. The Labute approximate surface area is 291 Å². The van der Waals surface area contributed by atoms with Gasteiger partial charge in [-0.25, -0.2) is 0 Å². The first-order chi connectivity index (χ1) is 23.1. The number of quaternary nitrogens is 1. The summed E-state index contributed by atoms with van der Waals surface area (Å²) >= 11 is 0. The molecule has 8 heteroatoms. The van der Waals surface area contributed by atoms with Crippen LogP contribution in [0.4, 0.5) is 0 Å². The van der Waals surface area contributed by atoms with Gasteiger partial charge in [0.2, 0.25) is 0 Å². The minimum atomic E-state index is -1.14. The molecule has 272 valence electrons. The Morgan fingerprint density at radius 1 is 0.646 bits per heavy atom. The molecule has 0 aliphatic rings. The molecule has 0 aliphatic carbocycles. The van der Waals surface area contributed by atoms with Crippen LogP contribution in [0.1, 0.15) is 110 Å². The van der Waals surface area contributed by atoms with Crippen LogP contribution in [0.25, 0.3) is 0 Å². The second kappa shape index (κ2) is 31.1. The quantitative estimate of drug-likeness (QED) is 0.0337. The number of carbonyl (C=O) groups excluding carboxylic acids is 3. The molecule has 0 fully saturated rings. The van der Waals surface area contributed by atoms with Gasteiger partial charge < -0.3 is 28.6 Å². The van der Waals surface area contributed by atoms with E-state index in [1.807, 2.05) is 18.2 Å². The highest BCUT2D eigenvalue weighted by molar-refractivity contribution is 5.70. The molecule has 2 unspecified atom stereocenters. The summed E-state index contributed by atoms with van der Waals surface area (Å²) in [7, 11) is 5.34. The first-order valence-corrected chi connectivity index (χ1v) is 18.0. The van der Waals surface area contributed by atoms with Gasteiger partial charge >= 0.3 is 11.9 Å². The molecular weight excluding hydrogens is 606 g/mol. The number of hydrogen-bond acceptors (Lipinski definition) is 7. The number of aliphatic carboxylic acids is 1. The molecule has 2 atom stereocenters. The van der Waals surface area contributed by atoms with Crippen LogP contribution in [-0.2, 0) is 28.6 Å². The smallest absolute Gasteiger partial charge is 0.306 e. The van der Waals surface area contributed by atoms with E-state index in [2.05, 4.69) is 68.5 Å². The lowest BCUT2D eigenvalue weighted by Gasteiger charge is -2.34. The number of carboxylic acid groups (broad SMARTS) is 1. The van der Waals surface area contributed by atoms with Gasteiger partial charge in [0.25, 0.3) is 0 Å². The van der Waals surface area contributed by atoms with Crippen molar-refractivity contribution in [2.45, 2.75) is 122 Å². The number of unbranched alkanes of at least 4 members (excludes halogenated alkanes) is 4. The number of ether oxygens (including phenoxy) is 3. The van der Waals surface area contributed by atoms with E-state index in [-0.39, 0.29) is 49.5 Å². The standard InChI is InChI=1S/C40H65NO7/c1-6-8-10-12-14-16-17-18-19-20-21-22-23-25-26-28-30-38(42)47-35-36(34-46-33-32-37(40(44)45)41(3,4)5)48-39(43)31-29-27-24-15-13-11-9-7-2/h8,10,14,16,18-19,21-22,24-27,36-37H,6-7,9,11-13,15,17,20,23,28-35H2,1-5H3/b10-8+,16-14+,19-18+,22-21+,26-25+,27-24+. The SMILES string of the molecule is CC/C=C/C/C=C/C/C=C/C/C=C/C/C=C/CCC(=O)OCC(COCCC(C(=O)[O-])[N+](C)(C)C)OC(=O)CC/C=C/CCCCCC. The van der Waals surface area contributed by atoms with Crippen molar-refractivity contribution in [3.63, 3.8) is 0 Å². The minimum Gasteiger partial charge on any atom is -0.544 e. The molecule has 0 rings (SSSR count). The Kier molecular flexibility index (Phi) is 29.0. The van der Waals surface area contributed by atoms with Gasteiger partial charge in [0, 0.05) is 19.3 Å². The maximum Gasteiger partial charge on any atom is 0.306 e. The van der Waals surface area contributed by atoms with E-state index in [1.165, 1.54) is 19.3 Å². The van der Waals surface area contributed by atoms with Crippen LogP contribution in [0.5, 0.6) is 0 Å². The van der Waals surface area contributed by atoms with Crippen molar-refractivity contribution in [2.75, 3.05) is 41.0 Å². The van der Waals surface area contributed by atoms with Crippen molar-refractivity contribution < 1.29 is 38.2 Å². The van der Waals surface area contributed by atoms with E-state index in [4.69, 9.17) is 14.2 Å². The molecule has 0 saturated heterocycles. The molecule has 0 aromatic carbocycles. The molecule has 0 aromatic heterocycles. The number of allylic oxidation sites excluding steroid dienone is 12. The molecule has 0 spiro atoms. The Morgan fingerprint density at radius 3 is 1.71 bits per heavy atom. The molecule has 0 N–H and O–H groups in total. The summed E-state index contributed by atoms with van der Waals surface area (Å²) in [6.07, 6.45) is 36.8. The summed E-state index contributed by atoms with van der Waals surface area (Å²) in [6.45, 7) is 4.33. The summed E-state index contributed by atoms with van der Waals surface area (Å²) in [6, 6.07) is -0.742. The highest BCUT2D eigenvalue weighted by Gasteiger charge is 2.25. The number of hydrogen-bond donors (Lipinski definition) is 0. The van der Waals surface area contributed by atoms with Crippen molar-refractivity contribution in [3.8, 4) is 0 Å². The number of carboxylic acids is 1. The van der Waals surface area contributed by atoms with Gasteiger partial charge in [-0.3, -0.25) is 9.59 Å². The fourth-order valence-corrected chi connectivity index (χ4v) is 4.55. The molecule has 0 aliphatic heterocycles. The molecule has 0 radical (unpaired) electrons. The highest BCUT2D eigenvalue weighted by atomic mass is 16.6. The van der Waals surface area contributed by atoms with Crippen LogP contribution in [0.3, 0.4) is 0 Å². The van der Waals surface area contributed by atoms with E-state index in [9.17, 15) is 19.5 Å². The molecule has 0 bridgehead atoms. The molecule has 0 saturated carbocycles. The van der Waals surface area contributed by atoms with E-state index in [0.29, 0.717) is 12.8 Å². The number of carbonyl (C=O) groups is 3. The zero-order valence-corrected chi connectivity index (χ0v) is 30.6. The Hall–Kier alpha value is -3.23. The van der Waals surface area contributed by atoms with E-state index in [0.717, 1.165) is 44.9 Å². The van der Waals surface area contributed by atoms with Crippen LogP contribution in [0, 0.1) is 0 Å². The van der Waals surface area contributed by atoms with Gasteiger partial charge in [-0.15, -0.1) is 0 Å². The number of rotatable bonds is 30. The number of likely N-dealkylation sites (N-methyl/N-ethyl adjacent to an activating group) is 1. The average Bonchev–Trinajstić information content (AvgIpc) is 3.03. The maximum atomic E-state index is 12.5. The summed E-state index contributed by atoms with van der Waals surface area (Å²) in [4.78, 5) is 36.4. The Bertz CT molecular complexity index is 1020. The van der Waals surface area contributed by atoms with Gasteiger partial charge in [-0.05, 0) is 57.8 Å². The van der Waals surface area contributed by atoms with Gasteiger partial charge in [-0.1, -0.05) is 106 Å². The average molecular weight is 672 g/mol. The predicted molar refractivity (Wildman–Crippen MR) is 194 cm³/mol. The predicted octanol–water partition coefficient (Wildman–Crippen LogP) is 7.51. The molecule has 48 heavy (non-hydrogen) atoms. The zero-order valence-electron chi connectivity index (χ0n) is 30.6. The molecule has 8 nitrogen and oxygen atoms in total. The second-order valence-corrected chi connectivity index (χ2v) is 12.7. The van der Waals surface area contributed by atoms with Crippen molar-refractivity contribution in [2.24, 2.45) is 0 Å². The number of nitrogens with zero attached hydrogens (tertiary/aromatic N) is 1. The van der Waals surface area contributed by atoms with Gasteiger partial charge in [0.1, 0.15) is 12.6 Å². The minimum absolute atomic E-state index is 0.00201. The first kappa shape index (κ1) is 44.8. The third-order valence-corrected chi connectivity index (χ3v) is 7.35. The molecular formula is C40H65NO7. The molecule has 0 amide bonds. The van der Waals surface area contributed by atoms with Crippen LogP contribution in [0.15, 0.2) is 72.9 Å². The lowest BCUT2D eigenvalue weighted by atomic mass is 10.1. The topological polar surface area (TPSA) is 102 Å². The molecule has 0 heterocycles. The summed E-state index contributed by atoms with van der Waals surface area (Å²) < 4.78 is 16.9.